The fraction of sp³-hybridized carbons (Fsp3) is 0.250. The van der Waals surface area contributed by atoms with Crippen LogP contribution in [0.4, 0.5) is 5.69 Å². The summed E-state index contributed by atoms with van der Waals surface area (Å²) in [6, 6.07) is 14.4. The number of hydrogen-bond donors (Lipinski definition) is 2. The van der Waals surface area contributed by atoms with Crippen LogP contribution in [0.5, 0.6) is 0 Å². The van der Waals surface area contributed by atoms with Gasteiger partial charge in [0, 0.05) is 40.6 Å². The van der Waals surface area contributed by atoms with Crippen molar-refractivity contribution < 1.29 is 4.79 Å². The van der Waals surface area contributed by atoms with Crippen molar-refractivity contribution >= 4 is 33.4 Å². The lowest BCUT2D eigenvalue weighted by Gasteiger charge is -2.11. The highest BCUT2D eigenvalue weighted by Gasteiger charge is 2.24. The van der Waals surface area contributed by atoms with Gasteiger partial charge in [-0.05, 0) is 37.6 Å². The zero-order valence-electron chi connectivity index (χ0n) is 13.8. The number of fused-ring (bicyclic) bond motifs is 3. The fourth-order valence-corrected chi connectivity index (χ4v) is 3.59. The molecule has 1 aliphatic rings. The van der Waals surface area contributed by atoms with E-state index in [1.807, 2.05) is 6.07 Å². The molecule has 0 unspecified atom stereocenters. The molecule has 1 fully saturated rings. The van der Waals surface area contributed by atoms with Gasteiger partial charge in [-0.25, -0.2) is 0 Å². The average Bonchev–Trinajstić information content (AvgIpc) is 3.16. The summed E-state index contributed by atoms with van der Waals surface area (Å²) >= 11 is 0. The Hall–Kier alpha value is -2.59. The highest BCUT2D eigenvalue weighted by Crippen LogP contribution is 2.31. The second-order valence-electron chi connectivity index (χ2n) is 6.37. The van der Waals surface area contributed by atoms with Crippen LogP contribution in [-0.4, -0.2) is 23.1 Å². The fourth-order valence-electron chi connectivity index (χ4n) is 3.59. The summed E-state index contributed by atoms with van der Waals surface area (Å²) in [5.74, 6) is 0.00669. The molecule has 0 aliphatic carbocycles. The number of rotatable bonds is 3. The molecular weight excluding hydrogens is 298 g/mol. The number of hydrogen-bond acceptors (Lipinski definition) is 2. The van der Waals surface area contributed by atoms with E-state index >= 15 is 0 Å². The van der Waals surface area contributed by atoms with Crippen LogP contribution >= 0.6 is 0 Å². The monoisotopic (exact) mass is 319 g/mol. The minimum absolute atomic E-state index is 0.00669. The minimum Gasteiger partial charge on any atom is -0.341 e. The van der Waals surface area contributed by atoms with Gasteiger partial charge in [-0.3, -0.25) is 4.79 Å². The second-order valence-corrected chi connectivity index (χ2v) is 6.37. The Kier molecular flexibility index (Phi) is 3.62. The first-order valence-electron chi connectivity index (χ1n) is 8.39. The third kappa shape index (κ3) is 2.39. The number of para-hydroxylation sites is 1. The first-order valence-corrected chi connectivity index (χ1v) is 8.39. The molecule has 4 nitrogen and oxygen atoms in total. The van der Waals surface area contributed by atoms with Crippen LogP contribution in [0.25, 0.3) is 21.8 Å². The van der Waals surface area contributed by atoms with Crippen LogP contribution in [0.15, 0.2) is 54.6 Å². The maximum atomic E-state index is 12.4. The number of nitrogens with one attached hydrogen (secondary N) is 2. The number of amides is 1. The SMILES string of the molecule is C=C1CN[C@H](C(=O)Nc2ccc3c(c2)c2ccccc2n3CC)C1. The van der Waals surface area contributed by atoms with Crippen LogP contribution in [-0.2, 0) is 11.3 Å². The lowest BCUT2D eigenvalue weighted by atomic mass is 10.1. The molecule has 0 bridgehead atoms. The van der Waals surface area contributed by atoms with Gasteiger partial charge in [0.05, 0.1) is 6.04 Å². The number of carbonyl (C=O) groups is 1. The topological polar surface area (TPSA) is 46.1 Å². The maximum absolute atomic E-state index is 12.4. The summed E-state index contributed by atoms with van der Waals surface area (Å²) in [6.07, 6.45) is 0.712. The van der Waals surface area contributed by atoms with Crippen molar-refractivity contribution in [3.63, 3.8) is 0 Å². The number of aryl methyl sites for hydroxylation is 1. The molecule has 0 saturated carbocycles. The molecule has 2 N–H and O–H groups in total. The molecule has 4 heteroatoms. The molecule has 1 aliphatic heterocycles. The zero-order valence-corrected chi connectivity index (χ0v) is 13.8. The quantitative estimate of drug-likeness (QED) is 0.724. The molecule has 2 heterocycles. The van der Waals surface area contributed by atoms with Crippen molar-refractivity contribution in [3.05, 3.63) is 54.6 Å². The largest absolute Gasteiger partial charge is 0.341 e. The van der Waals surface area contributed by atoms with Crippen molar-refractivity contribution in [3.8, 4) is 0 Å². The Morgan fingerprint density at radius 3 is 2.79 bits per heavy atom. The van der Waals surface area contributed by atoms with Crippen molar-refractivity contribution in [1.29, 1.82) is 0 Å². The van der Waals surface area contributed by atoms with Gasteiger partial charge in [-0.15, -0.1) is 0 Å². The van der Waals surface area contributed by atoms with Crippen molar-refractivity contribution in [2.24, 2.45) is 0 Å². The van der Waals surface area contributed by atoms with Crippen molar-refractivity contribution in [2.75, 3.05) is 11.9 Å². The zero-order chi connectivity index (χ0) is 16.7. The van der Waals surface area contributed by atoms with E-state index in [4.69, 9.17) is 0 Å². The Morgan fingerprint density at radius 2 is 2.04 bits per heavy atom. The molecule has 4 rings (SSSR count). The summed E-state index contributed by atoms with van der Waals surface area (Å²) in [5.41, 5.74) is 4.35. The highest BCUT2D eigenvalue weighted by atomic mass is 16.2. The van der Waals surface area contributed by atoms with Crippen LogP contribution in [0.1, 0.15) is 13.3 Å². The van der Waals surface area contributed by atoms with Gasteiger partial charge < -0.3 is 15.2 Å². The van der Waals surface area contributed by atoms with E-state index in [9.17, 15) is 4.79 Å². The van der Waals surface area contributed by atoms with E-state index in [0.29, 0.717) is 6.42 Å². The van der Waals surface area contributed by atoms with E-state index in [2.05, 4.69) is 65.1 Å². The molecule has 0 radical (unpaired) electrons. The van der Waals surface area contributed by atoms with Crippen LogP contribution in [0, 0.1) is 0 Å². The predicted molar refractivity (Wildman–Crippen MR) is 99.3 cm³/mol. The molecule has 1 atom stereocenters. The van der Waals surface area contributed by atoms with Crippen LogP contribution < -0.4 is 10.6 Å². The highest BCUT2D eigenvalue weighted by molar-refractivity contribution is 6.10. The number of anilines is 1. The summed E-state index contributed by atoms with van der Waals surface area (Å²) in [4.78, 5) is 12.4. The molecular formula is C20H21N3O. The summed E-state index contributed by atoms with van der Waals surface area (Å²) < 4.78 is 2.30. The summed E-state index contributed by atoms with van der Waals surface area (Å²) in [7, 11) is 0. The van der Waals surface area contributed by atoms with E-state index in [1.165, 1.54) is 21.8 Å². The lowest BCUT2D eigenvalue weighted by molar-refractivity contribution is -0.117. The van der Waals surface area contributed by atoms with Crippen LogP contribution in [0.3, 0.4) is 0 Å². The Morgan fingerprint density at radius 1 is 1.25 bits per heavy atom. The summed E-state index contributed by atoms with van der Waals surface area (Å²) in [5, 5.41) is 8.62. The molecule has 122 valence electrons. The first kappa shape index (κ1) is 15.0. The number of nitrogens with zero attached hydrogens (tertiary/aromatic N) is 1. The molecule has 24 heavy (non-hydrogen) atoms. The van der Waals surface area contributed by atoms with E-state index in [-0.39, 0.29) is 11.9 Å². The molecule has 2 aromatic carbocycles. The first-order chi connectivity index (χ1) is 11.7. The van der Waals surface area contributed by atoms with Gasteiger partial charge >= 0.3 is 0 Å². The molecule has 3 aromatic rings. The van der Waals surface area contributed by atoms with Crippen LogP contribution in [0.2, 0.25) is 0 Å². The smallest absolute Gasteiger partial charge is 0.241 e. The third-order valence-corrected chi connectivity index (χ3v) is 4.76. The number of benzene rings is 2. The molecule has 1 aromatic heterocycles. The van der Waals surface area contributed by atoms with E-state index in [1.54, 1.807) is 0 Å². The molecule has 1 saturated heterocycles. The second kappa shape index (κ2) is 5.80. The Bertz CT molecular complexity index is 954. The van der Waals surface area contributed by atoms with E-state index in [0.717, 1.165) is 24.4 Å². The summed E-state index contributed by atoms with van der Waals surface area (Å²) in [6.45, 7) is 7.73. The minimum atomic E-state index is -0.176. The molecule has 1 amide bonds. The van der Waals surface area contributed by atoms with Gasteiger partial charge in [-0.1, -0.05) is 30.4 Å². The number of carbonyl (C=O) groups excluding carboxylic acids is 1. The standard InChI is InChI=1S/C20H21N3O/c1-3-23-18-7-5-4-6-15(18)16-11-14(8-9-19(16)23)22-20(24)17-10-13(2)12-21-17/h4-9,11,17,21H,2-3,10,12H2,1H3,(H,22,24)/t17-/m0/s1. The Balaban J connectivity index is 1.72. The van der Waals surface area contributed by atoms with Gasteiger partial charge in [0.15, 0.2) is 0 Å². The van der Waals surface area contributed by atoms with Gasteiger partial charge in [0.1, 0.15) is 0 Å². The Labute approximate surface area is 141 Å². The van der Waals surface area contributed by atoms with Gasteiger partial charge in [-0.2, -0.15) is 0 Å². The maximum Gasteiger partial charge on any atom is 0.241 e. The van der Waals surface area contributed by atoms with Gasteiger partial charge in [0.2, 0.25) is 5.91 Å². The normalized spacial score (nSPS) is 17.7. The number of aromatic nitrogens is 1. The van der Waals surface area contributed by atoms with E-state index < -0.39 is 0 Å². The van der Waals surface area contributed by atoms with Crippen molar-refractivity contribution in [2.45, 2.75) is 25.9 Å². The van der Waals surface area contributed by atoms with Crippen molar-refractivity contribution in [1.82, 2.24) is 9.88 Å². The van der Waals surface area contributed by atoms with Gasteiger partial charge in [0.25, 0.3) is 0 Å². The third-order valence-electron chi connectivity index (χ3n) is 4.76. The molecule has 0 spiro atoms. The lowest BCUT2D eigenvalue weighted by Crippen LogP contribution is -2.35. The average molecular weight is 319 g/mol. The predicted octanol–water partition coefficient (Wildman–Crippen LogP) is 3.67.